The zero-order valence-corrected chi connectivity index (χ0v) is 13.9. The van der Waals surface area contributed by atoms with Crippen LogP contribution in [0, 0.1) is 0 Å². The monoisotopic (exact) mass is 399 g/mol. The van der Waals surface area contributed by atoms with Crippen molar-refractivity contribution in [3.05, 3.63) is 34.9 Å². The van der Waals surface area contributed by atoms with Crippen LogP contribution in [0.4, 0.5) is 30.7 Å². The number of rotatable bonds is 3. The largest absolute Gasteiger partial charge is 0.416 e. The van der Waals surface area contributed by atoms with Gasteiger partial charge < -0.3 is 10.0 Å². The number of nitrogens with zero attached hydrogens (tertiary/aromatic N) is 1. The smallest absolute Gasteiger partial charge is 0.382 e. The highest BCUT2D eigenvalue weighted by Crippen LogP contribution is 2.56. The van der Waals surface area contributed by atoms with Gasteiger partial charge in [-0.1, -0.05) is 0 Å². The van der Waals surface area contributed by atoms with Crippen LogP contribution in [0.3, 0.4) is 0 Å². The van der Waals surface area contributed by atoms with Gasteiger partial charge in [0.25, 0.3) is 18.3 Å². The molecule has 1 saturated carbocycles. The van der Waals surface area contributed by atoms with Gasteiger partial charge in [-0.25, -0.2) is 17.6 Å². The Balaban J connectivity index is 1.93. The van der Waals surface area contributed by atoms with Crippen molar-refractivity contribution in [2.24, 2.45) is 0 Å². The second kappa shape index (κ2) is 6.35. The van der Waals surface area contributed by atoms with Gasteiger partial charge in [-0.3, -0.25) is 4.79 Å². The van der Waals surface area contributed by atoms with Crippen molar-refractivity contribution in [3.8, 4) is 0 Å². The second-order valence-electron chi connectivity index (χ2n) is 7.09. The van der Waals surface area contributed by atoms with Gasteiger partial charge in [-0.05, 0) is 36.6 Å². The summed E-state index contributed by atoms with van der Waals surface area (Å²) in [5.74, 6) is -5.55. The number of carbonyl (C=O) groups is 1. The Hall–Kier alpha value is -1.84. The van der Waals surface area contributed by atoms with Crippen LogP contribution in [0.1, 0.15) is 46.7 Å². The molecule has 0 radical (unpaired) electrons. The van der Waals surface area contributed by atoms with Crippen LogP contribution in [0.15, 0.2) is 18.2 Å². The fourth-order valence-electron chi connectivity index (χ4n) is 3.31. The molecule has 1 aliphatic carbocycles. The molecule has 2 atom stereocenters. The fourth-order valence-corrected chi connectivity index (χ4v) is 3.31. The van der Waals surface area contributed by atoms with E-state index in [1.54, 1.807) is 0 Å². The number of hydrogen-bond acceptors (Lipinski definition) is 2. The normalized spacial score (nSPS) is 27.7. The lowest BCUT2D eigenvalue weighted by molar-refractivity contribution is -0.137. The molecule has 1 aliphatic heterocycles. The van der Waals surface area contributed by atoms with Gasteiger partial charge in [0.05, 0.1) is 18.0 Å². The Bertz CT molecular complexity index is 749. The Morgan fingerprint density at radius 1 is 1.22 bits per heavy atom. The van der Waals surface area contributed by atoms with Crippen LogP contribution in [0.25, 0.3) is 0 Å². The van der Waals surface area contributed by atoms with Crippen molar-refractivity contribution >= 4 is 5.91 Å². The molecule has 3 nitrogen and oxygen atoms in total. The van der Waals surface area contributed by atoms with Gasteiger partial charge in [0, 0.05) is 18.5 Å². The molecule has 2 fully saturated rings. The van der Waals surface area contributed by atoms with Crippen LogP contribution >= 0.6 is 0 Å². The highest BCUT2D eigenvalue weighted by atomic mass is 19.4. The minimum atomic E-state index is -4.86. The van der Waals surface area contributed by atoms with Crippen molar-refractivity contribution in [3.63, 3.8) is 0 Å². The summed E-state index contributed by atoms with van der Waals surface area (Å²) in [7, 11) is 0. The molecule has 1 aromatic carbocycles. The van der Waals surface area contributed by atoms with E-state index in [4.69, 9.17) is 0 Å². The number of piperidine rings is 1. The van der Waals surface area contributed by atoms with E-state index in [0.717, 1.165) is 11.0 Å². The minimum Gasteiger partial charge on any atom is -0.382 e. The minimum absolute atomic E-state index is 0.0287. The first-order valence-electron chi connectivity index (χ1n) is 8.23. The third-order valence-corrected chi connectivity index (χ3v) is 4.95. The van der Waals surface area contributed by atoms with Crippen LogP contribution in [0.5, 0.6) is 0 Å². The maximum atomic E-state index is 13.3. The van der Waals surface area contributed by atoms with E-state index in [2.05, 4.69) is 0 Å². The summed E-state index contributed by atoms with van der Waals surface area (Å²) >= 11 is 0. The van der Waals surface area contributed by atoms with Gasteiger partial charge >= 0.3 is 6.18 Å². The molecule has 150 valence electrons. The average Bonchev–Trinajstić information content (AvgIpc) is 3.21. The molecule has 1 heterocycles. The number of alkyl halides is 7. The predicted octanol–water partition coefficient (Wildman–Crippen LogP) is 4.06. The summed E-state index contributed by atoms with van der Waals surface area (Å²) in [6, 6.07) is 2.04. The summed E-state index contributed by atoms with van der Waals surface area (Å²) in [5, 5.41) is 9.90. The quantitative estimate of drug-likeness (QED) is 0.779. The maximum Gasteiger partial charge on any atom is 0.416 e. The molecule has 3 rings (SSSR count). The Labute approximate surface area is 149 Å². The molecule has 2 aliphatic rings. The van der Waals surface area contributed by atoms with E-state index in [9.17, 15) is 40.6 Å². The highest BCUT2D eigenvalue weighted by Gasteiger charge is 2.58. The zero-order valence-electron chi connectivity index (χ0n) is 13.9. The Kier molecular flexibility index (Phi) is 4.69. The molecular formula is C17H16F7NO2. The molecular weight excluding hydrogens is 383 g/mol. The van der Waals surface area contributed by atoms with Crippen LogP contribution in [-0.2, 0) is 6.18 Å². The maximum absolute atomic E-state index is 13.3. The second-order valence-corrected chi connectivity index (χ2v) is 7.09. The Morgan fingerprint density at radius 3 is 2.37 bits per heavy atom. The molecule has 1 aromatic rings. The van der Waals surface area contributed by atoms with Gasteiger partial charge in [0.15, 0.2) is 0 Å². The summed E-state index contributed by atoms with van der Waals surface area (Å²) < 4.78 is 91.9. The van der Waals surface area contributed by atoms with Crippen molar-refractivity contribution in [1.29, 1.82) is 0 Å². The third-order valence-electron chi connectivity index (χ3n) is 4.95. The molecule has 1 N–H and O–H groups in total. The zero-order chi connectivity index (χ0) is 20.2. The number of carbonyl (C=O) groups excluding carboxylic acids is 1. The predicted molar refractivity (Wildman–Crippen MR) is 79.8 cm³/mol. The van der Waals surface area contributed by atoms with Crippen molar-refractivity contribution in [2.75, 3.05) is 13.1 Å². The number of aliphatic hydroxyl groups is 1. The van der Waals surface area contributed by atoms with E-state index in [0.29, 0.717) is 12.1 Å². The summed E-state index contributed by atoms with van der Waals surface area (Å²) in [6.07, 6.45) is -8.82. The molecule has 10 heteroatoms. The van der Waals surface area contributed by atoms with Gasteiger partial charge in [-0.2, -0.15) is 13.2 Å². The standard InChI is InChI=1S/C17H16F7NO2/c18-14(19)15(27)2-1-3-25(8-15)13(26)10-4-9(12-7-16(12,20)21)5-11(6-10)17(22,23)24/h4-6,12,14,27H,1-3,7-8H2. The van der Waals surface area contributed by atoms with Crippen molar-refractivity contribution in [1.82, 2.24) is 4.90 Å². The first kappa shape index (κ1) is 19.9. The average molecular weight is 399 g/mol. The number of hydrogen-bond donors (Lipinski definition) is 1. The fraction of sp³-hybridized carbons (Fsp3) is 0.588. The van der Waals surface area contributed by atoms with Crippen molar-refractivity contribution < 1.29 is 40.6 Å². The molecule has 0 aromatic heterocycles. The van der Waals surface area contributed by atoms with Crippen LogP contribution in [-0.4, -0.2) is 47.0 Å². The summed E-state index contributed by atoms with van der Waals surface area (Å²) in [6.45, 7) is -0.770. The Morgan fingerprint density at radius 2 is 1.85 bits per heavy atom. The molecule has 27 heavy (non-hydrogen) atoms. The van der Waals surface area contributed by atoms with E-state index in [-0.39, 0.29) is 24.9 Å². The lowest BCUT2D eigenvalue weighted by atomic mass is 9.92. The van der Waals surface area contributed by atoms with Crippen LogP contribution < -0.4 is 0 Å². The van der Waals surface area contributed by atoms with Gasteiger partial charge in [0.2, 0.25) is 0 Å². The number of halogens is 7. The first-order valence-corrected chi connectivity index (χ1v) is 8.23. The van der Waals surface area contributed by atoms with E-state index in [1.807, 2.05) is 0 Å². The van der Waals surface area contributed by atoms with Crippen molar-refractivity contribution in [2.45, 2.75) is 49.3 Å². The molecule has 1 saturated heterocycles. The number of β-amino-alcohol motifs (C(OH)–C–C–N with tert-alkyl or cyclic N) is 1. The first-order chi connectivity index (χ1) is 12.3. The highest BCUT2D eigenvalue weighted by molar-refractivity contribution is 5.95. The van der Waals surface area contributed by atoms with Crippen LogP contribution in [0.2, 0.25) is 0 Å². The summed E-state index contributed by atoms with van der Waals surface area (Å²) in [5.41, 5.74) is -4.53. The van der Waals surface area contributed by atoms with E-state index in [1.165, 1.54) is 0 Å². The number of benzene rings is 1. The van der Waals surface area contributed by atoms with Gasteiger partial charge in [-0.15, -0.1) is 0 Å². The SMILES string of the molecule is O=C(c1cc(C2CC2(F)F)cc(C(F)(F)F)c1)N1CCCC(O)(C(F)F)C1. The van der Waals surface area contributed by atoms with E-state index < -0.39 is 60.0 Å². The number of amides is 1. The number of likely N-dealkylation sites (tertiary alicyclic amines) is 1. The molecule has 1 amide bonds. The van der Waals surface area contributed by atoms with E-state index >= 15 is 0 Å². The molecule has 0 bridgehead atoms. The topological polar surface area (TPSA) is 40.5 Å². The lowest BCUT2D eigenvalue weighted by Gasteiger charge is -2.38. The molecule has 0 spiro atoms. The molecule has 2 unspecified atom stereocenters. The van der Waals surface area contributed by atoms with Gasteiger partial charge in [0.1, 0.15) is 5.60 Å². The summed E-state index contributed by atoms with van der Waals surface area (Å²) in [4.78, 5) is 13.4. The lowest BCUT2D eigenvalue weighted by Crippen LogP contribution is -2.54. The third kappa shape index (κ3) is 3.90.